The molecule has 0 atom stereocenters. The van der Waals surface area contributed by atoms with Crippen LogP contribution in [0, 0.1) is 20.8 Å². The fraction of sp³-hybridized carbons (Fsp3) is 0.120. The standard InChI is InChI=1S/C25H21ClN2O2S/c1-15-12-16(2)14-19(13-15)28-24(29)22(27-21-7-5-4-6-17(21)3)23(25(28)30)31-20-10-8-18(26)9-11-20/h4-14,27H,1-3H3. The van der Waals surface area contributed by atoms with E-state index in [2.05, 4.69) is 5.32 Å². The van der Waals surface area contributed by atoms with Crippen molar-refractivity contribution in [3.05, 3.63) is 99.0 Å². The number of para-hydroxylation sites is 1. The Hall–Kier alpha value is -3.02. The van der Waals surface area contributed by atoms with Crippen molar-refractivity contribution in [3.63, 3.8) is 0 Å². The highest BCUT2D eigenvalue weighted by molar-refractivity contribution is 8.04. The first-order chi connectivity index (χ1) is 14.8. The number of imide groups is 1. The lowest BCUT2D eigenvalue weighted by molar-refractivity contribution is -0.120. The first-order valence-corrected chi connectivity index (χ1v) is 11.0. The lowest BCUT2D eigenvalue weighted by atomic mass is 10.1. The Morgan fingerprint density at radius 2 is 1.48 bits per heavy atom. The van der Waals surface area contributed by atoms with Crippen molar-refractivity contribution in [2.24, 2.45) is 0 Å². The number of amides is 2. The van der Waals surface area contributed by atoms with Gasteiger partial charge in [-0.25, -0.2) is 4.90 Å². The van der Waals surface area contributed by atoms with E-state index < -0.39 is 0 Å². The Kier molecular flexibility index (Phi) is 5.90. The zero-order valence-electron chi connectivity index (χ0n) is 17.4. The molecule has 156 valence electrons. The van der Waals surface area contributed by atoms with Crippen LogP contribution in [0.4, 0.5) is 11.4 Å². The van der Waals surface area contributed by atoms with Crippen LogP contribution in [0.2, 0.25) is 5.02 Å². The number of carbonyl (C=O) groups excluding carboxylic acids is 2. The van der Waals surface area contributed by atoms with Gasteiger partial charge >= 0.3 is 0 Å². The van der Waals surface area contributed by atoms with Gasteiger partial charge in [0.25, 0.3) is 11.8 Å². The fourth-order valence-corrected chi connectivity index (χ4v) is 4.55. The van der Waals surface area contributed by atoms with E-state index in [9.17, 15) is 9.59 Å². The molecular formula is C25H21ClN2O2S. The van der Waals surface area contributed by atoms with Crippen molar-refractivity contribution in [2.45, 2.75) is 25.7 Å². The van der Waals surface area contributed by atoms with Crippen molar-refractivity contribution in [1.29, 1.82) is 0 Å². The van der Waals surface area contributed by atoms with Gasteiger partial charge in [-0.2, -0.15) is 0 Å². The number of halogens is 1. The van der Waals surface area contributed by atoms with Crippen molar-refractivity contribution in [1.82, 2.24) is 0 Å². The second-order valence-electron chi connectivity index (χ2n) is 7.49. The van der Waals surface area contributed by atoms with Gasteiger partial charge in [-0.1, -0.05) is 47.6 Å². The number of hydrogen-bond donors (Lipinski definition) is 1. The first kappa shape index (κ1) is 21.2. The van der Waals surface area contributed by atoms with Crippen LogP contribution >= 0.6 is 23.4 Å². The zero-order valence-corrected chi connectivity index (χ0v) is 19.0. The Labute approximate surface area is 190 Å². The summed E-state index contributed by atoms with van der Waals surface area (Å²) < 4.78 is 0. The van der Waals surface area contributed by atoms with Crippen LogP contribution < -0.4 is 10.2 Å². The van der Waals surface area contributed by atoms with Crippen LogP contribution in [0.3, 0.4) is 0 Å². The molecule has 0 radical (unpaired) electrons. The van der Waals surface area contributed by atoms with Gasteiger partial charge in [0.2, 0.25) is 0 Å². The van der Waals surface area contributed by atoms with E-state index in [0.717, 1.165) is 27.3 Å². The highest BCUT2D eigenvalue weighted by Gasteiger charge is 2.40. The van der Waals surface area contributed by atoms with Crippen molar-refractivity contribution in [2.75, 3.05) is 10.2 Å². The van der Waals surface area contributed by atoms with Gasteiger partial charge < -0.3 is 5.32 Å². The molecule has 4 rings (SSSR count). The summed E-state index contributed by atoms with van der Waals surface area (Å²) in [6.45, 7) is 5.85. The number of nitrogens with one attached hydrogen (secondary N) is 1. The Bertz CT molecular complexity index is 1200. The summed E-state index contributed by atoms with van der Waals surface area (Å²) in [7, 11) is 0. The highest BCUT2D eigenvalue weighted by atomic mass is 35.5. The lowest BCUT2D eigenvalue weighted by Gasteiger charge is -2.17. The van der Waals surface area contributed by atoms with Gasteiger partial charge in [-0.05, 0) is 79.9 Å². The van der Waals surface area contributed by atoms with Gasteiger partial charge in [0.15, 0.2) is 0 Å². The molecular weight excluding hydrogens is 428 g/mol. The SMILES string of the molecule is Cc1cc(C)cc(N2C(=O)C(Nc3ccccc3C)=C(Sc3ccc(Cl)cc3)C2=O)c1. The minimum absolute atomic E-state index is 0.276. The number of thioether (sulfide) groups is 1. The van der Waals surface area contributed by atoms with Gasteiger partial charge in [0.1, 0.15) is 10.6 Å². The van der Waals surface area contributed by atoms with Crippen LogP contribution in [-0.2, 0) is 9.59 Å². The molecule has 0 aliphatic carbocycles. The molecule has 0 spiro atoms. The van der Waals surface area contributed by atoms with Gasteiger partial charge in [0.05, 0.1) is 5.69 Å². The van der Waals surface area contributed by atoms with Crippen LogP contribution in [0.25, 0.3) is 0 Å². The van der Waals surface area contributed by atoms with Gasteiger partial charge in [0, 0.05) is 15.6 Å². The summed E-state index contributed by atoms with van der Waals surface area (Å²) in [5.74, 6) is -0.708. The summed E-state index contributed by atoms with van der Waals surface area (Å²) in [6.07, 6.45) is 0. The third-order valence-corrected chi connectivity index (χ3v) is 6.29. The maximum absolute atomic E-state index is 13.5. The van der Waals surface area contributed by atoms with Crippen molar-refractivity contribution in [3.8, 4) is 0 Å². The monoisotopic (exact) mass is 448 g/mol. The highest BCUT2D eigenvalue weighted by Crippen LogP contribution is 2.38. The van der Waals surface area contributed by atoms with E-state index in [0.29, 0.717) is 15.6 Å². The molecule has 6 heteroatoms. The van der Waals surface area contributed by atoms with E-state index in [1.54, 1.807) is 12.1 Å². The molecule has 0 unspecified atom stereocenters. The van der Waals surface area contributed by atoms with Crippen LogP contribution in [-0.4, -0.2) is 11.8 Å². The third kappa shape index (κ3) is 4.38. The number of aryl methyl sites for hydroxylation is 3. The number of rotatable bonds is 5. The molecule has 0 saturated heterocycles. The quantitative estimate of drug-likeness (QED) is 0.468. The van der Waals surface area contributed by atoms with Crippen molar-refractivity contribution >= 4 is 46.6 Å². The summed E-state index contributed by atoms with van der Waals surface area (Å²) >= 11 is 7.26. The predicted molar refractivity (Wildman–Crippen MR) is 128 cm³/mol. The molecule has 0 saturated carbocycles. The smallest absolute Gasteiger partial charge is 0.283 e. The van der Waals surface area contributed by atoms with E-state index in [4.69, 9.17) is 11.6 Å². The molecule has 0 aromatic heterocycles. The number of hydrogen-bond acceptors (Lipinski definition) is 4. The average molecular weight is 449 g/mol. The maximum atomic E-state index is 13.5. The number of anilines is 2. The van der Waals surface area contributed by atoms with Gasteiger partial charge in [-0.3, -0.25) is 9.59 Å². The third-order valence-electron chi connectivity index (χ3n) is 4.94. The molecule has 1 aliphatic rings. The Morgan fingerprint density at radius 1 is 0.839 bits per heavy atom. The Balaban J connectivity index is 1.78. The van der Waals surface area contributed by atoms with Crippen LogP contribution in [0.5, 0.6) is 0 Å². The lowest BCUT2D eigenvalue weighted by Crippen LogP contribution is -2.32. The normalized spacial score (nSPS) is 13.9. The average Bonchev–Trinajstić information content (AvgIpc) is 2.94. The van der Waals surface area contributed by atoms with Crippen LogP contribution in [0.1, 0.15) is 16.7 Å². The minimum atomic E-state index is -0.366. The second-order valence-corrected chi connectivity index (χ2v) is 9.01. The fourth-order valence-electron chi connectivity index (χ4n) is 3.50. The summed E-state index contributed by atoms with van der Waals surface area (Å²) in [5.41, 5.74) is 4.60. The minimum Gasteiger partial charge on any atom is -0.350 e. The van der Waals surface area contributed by atoms with E-state index in [-0.39, 0.29) is 17.5 Å². The predicted octanol–water partition coefficient (Wildman–Crippen LogP) is 6.25. The number of carbonyl (C=O) groups is 2. The first-order valence-electron chi connectivity index (χ1n) is 9.81. The molecule has 31 heavy (non-hydrogen) atoms. The molecule has 0 fully saturated rings. The van der Waals surface area contributed by atoms with Crippen LogP contribution in [0.15, 0.2) is 82.2 Å². The molecule has 1 aliphatic heterocycles. The van der Waals surface area contributed by atoms with E-state index in [1.807, 2.05) is 75.4 Å². The largest absolute Gasteiger partial charge is 0.350 e. The van der Waals surface area contributed by atoms with Crippen molar-refractivity contribution < 1.29 is 9.59 Å². The summed E-state index contributed by atoms with van der Waals surface area (Å²) in [5, 5.41) is 3.83. The molecule has 1 N–H and O–H groups in total. The zero-order chi connectivity index (χ0) is 22.1. The Morgan fingerprint density at radius 3 is 2.13 bits per heavy atom. The van der Waals surface area contributed by atoms with E-state index >= 15 is 0 Å². The molecule has 0 bridgehead atoms. The summed E-state index contributed by atoms with van der Waals surface area (Å²) in [6, 6.07) is 20.6. The van der Waals surface area contributed by atoms with E-state index in [1.165, 1.54) is 16.7 Å². The molecule has 3 aromatic carbocycles. The summed E-state index contributed by atoms with van der Waals surface area (Å²) in [4.78, 5) is 29.3. The van der Waals surface area contributed by atoms with Gasteiger partial charge in [-0.15, -0.1) is 0 Å². The second kappa shape index (κ2) is 8.61. The molecule has 1 heterocycles. The maximum Gasteiger partial charge on any atom is 0.283 e. The number of benzene rings is 3. The molecule has 3 aromatic rings. The molecule has 2 amide bonds. The topological polar surface area (TPSA) is 49.4 Å². The molecule has 4 nitrogen and oxygen atoms in total. The number of nitrogens with zero attached hydrogens (tertiary/aromatic N) is 1.